The summed E-state index contributed by atoms with van der Waals surface area (Å²) >= 11 is 0. The first-order valence-corrected chi connectivity index (χ1v) is 14.1. The van der Waals surface area contributed by atoms with Crippen LogP contribution < -0.4 is 9.47 Å². The number of carbonyl (C=O) groups excluding carboxylic acids is 3. The predicted molar refractivity (Wildman–Crippen MR) is 156 cm³/mol. The second-order valence-electron chi connectivity index (χ2n) is 10.2. The van der Waals surface area contributed by atoms with Crippen LogP contribution in [0.25, 0.3) is 22.2 Å². The summed E-state index contributed by atoms with van der Waals surface area (Å²) in [5.74, 6) is 0.679. The maximum Gasteiger partial charge on any atom is 0.416 e. The molecule has 1 aliphatic carbocycles. The molecule has 2 heterocycles. The van der Waals surface area contributed by atoms with E-state index < -0.39 is 30.2 Å². The summed E-state index contributed by atoms with van der Waals surface area (Å²) in [6.45, 7) is 7.54. The maximum absolute atomic E-state index is 13.9. The zero-order valence-electron chi connectivity index (χ0n) is 24.0. The molecule has 4 atom stereocenters. The number of carbonyl (C=O) groups is 3. The van der Waals surface area contributed by atoms with E-state index in [1.807, 2.05) is 54.6 Å². The zero-order chi connectivity index (χ0) is 29.8. The molecule has 10 nitrogen and oxygen atoms in total. The summed E-state index contributed by atoms with van der Waals surface area (Å²) in [5.41, 5.74) is 2.29. The molecule has 3 aromatic rings. The van der Waals surface area contributed by atoms with Crippen molar-refractivity contribution < 1.29 is 33.3 Å². The Balaban J connectivity index is 1.48. The van der Waals surface area contributed by atoms with Crippen LogP contribution >= 0.6 is 0 Å². The number of likely N-dealkylation sites (tertiary alicyclic amines) is 1. The molecule has 3 amide bonds. The van der Waals surface area contributed by atoms with Gasteiger partial charge in [-0.3, -0.25) is 9.69 Å². The minimum Gasteiger partial charge on any atom is -0.497 e. The minimum atomic E-state index is -0.966. The van der Waals surface area contributed by atoms with Gasteiger partial charge >= 0.3 is 12.2 Å². The molecule has 1 saturated carbocycles. The SMILES string of the molecule is C=CC1CC1N(C(=O)OCC)C(=O)C1CC(Oc2cc(-c3ccccc3)nc3cc(OC)ccc23)CN1C(=O)OCC. The van der Waals surface area contributed by atoms with Crippen molar-refractivity contribution in [3.05, 3.63) is 67.3 Å². The van der Waals surface area contributed by atoms with Crippen molar-refractivity contribution in [3.8, 4) is 22.8 Å². The van der Waals surface area contributed by atoms with Gasteiger partial charge in [0.15, 0.2) is 0 Å². The van der Waals surface area contributed by atoms with Crippen molar-refractivity contribution in [2.24, 2.45) is 5.92 Å². The Hall–Kier alpha value is -4.60. The Kier molecular flexibility index (Phi) is 8.61. The lowest BCUT2D eigenvalue weighted by atomic mass is 10.1. The number of hydrogen-bond acceptors (Lipinski definition) is 8. The Morgan fingerprint density at radius 2 is 1.81 bits per heavy atom. The first-order valence-electron chi connectivity index (χ1n) is 14.1. The minimum absolute atomic E-state index is 0.0144. The van der Waals surface area contributed by atoms with Gasteiger partial charge in [-0.15, -0.1) is 6.58 Å². The summed E-state index contributed by atoms with van der Waals surface area (Å²) in [6.07, 6.45) is 0.566. The van der Waals surface area contributed by atoms with Crippen LogP contribution in [0.3, 0.4) is 0 Å². The van der Waals surface area contributed by atoms with Crippen LogP contribution in [-0.2, 0) is 14.3 Å². The maximum atomic E-state index is 13.9. The van der Waals surface area contributed by atoms with Crippen molar-refractivity contribution in [2.45, 2.75) is 44.9 Å². The number of amides is 3. The lowest BCUT2D eigenvalue weighted by Crippen LogP contribution is -2.51. The molecule has 0 bridgehead atoms. The zero-order valence-corrected chi connectivity index (χ0v) is 24.0. The van der Waals surface area contributed by atoms with Gasteiger partial charge in [-0.1, -0.05) is 36.4 Å². The van der Waals surface area contributed by atoms with Gasteiger partial charge in [-0.25, -0.2) is 19.5 Å². The molecule has 42 heavy (non-hydrogen) atoms. The van der Waals surface area contributed by atoms with Gasteiger partial charge in [0.2, 0.25) is 0 Å². The van der Waals surface area contributed by atoms with Crippen molar-refractivity contribution in [1.82, 2.24) is 14.8 Å². The Morgan fingerprint density at radius 1 is 1.05 bits per heavy atom. The molecular weight excluding hydrogens is 538 g/mol. The van der Waals surface area contributed by atoms with E-state index in [-0.39, 0.29) is 38.1 Å². The fourth-order valence-electron chi connectivity index (χ4n) is 5.36. The Labute approximate surface area is 244 Å². The van der Waals surface area contributed by atoms with Crippen LogP contribution in [0.15, 0.2) is 67.3 Å². The van der Waals surface area contributed by atoms with Crippen molar-refractivity contribution in [2.75, 3.05) is 26.9 Å². The van der Waals surface area contributed by atoms with Crippen LogP contribution in [0.1, 0.15) is 26.7 Å². The molecule has 220 valence electrons. The lowest BCUT2D eigenvalue weighted by Gasteiger charge is -2.28. The summed E-state index contributed by atoms with van der Waals surface area (Å²) in [6, 6.07) is 15.8. The van der Waals surface area contributed by atoms with Gasteiger partial charge in [0.25, 0.3) is 5.91 Å². The highest BCUT2D eigenvalue weighted by Crippen LogP contribution is 2.39. The first-order chi connectivity index (χ1) is 20.4. The molecule has 2 aromatic carbocycles. The van der Waals surface area contributed by atoms with Crippen LogP contribution in [0.4, 0.5) is 9.59 Å². The van der Waals surface area contributed by atoms with Gasteiger partial charge in [0.05, 0.1) is 44.1 Å². The molecule has 4 unspecified atom stereocenters. The summed E-state index contributed by atoms with van der Waals surface area (Å²) < 4.78 is 22.5. The number of fused-ring (bicyclic) bond motifs is 1. The Morgan fingerprint density at radius 3 is 2.48 bits per heavy atom. The van der Waals surface area contributed by atoms with Crippen molar-refractivity contribution >= 4 is 29.0 Å². The number of hydrogen-bond donors (Lipinski definition) is 0. The third-order valence-electron chi connectivity index (χ3n) is 7.53. The standard InChI is InChI=1S/C32H35N3O7/c1-5-20-15-27(20)35(32(38)41-7-3)30(36)28-17-23(19-34(28)31(37)40-6-2)42-29-18-25(21-11-9-8-10-12-21)33-26-16-22(39-4)13-14-24(26)29/h5,8-14,16,18,20,23,27-28H,1,6-7,15,17,19H2,2-4H3. The van der Waals surface area contributed by atoms with E-state index in [1.165, 1.54) is 4.90 Å². The van der Waals surface area contributed by atoms with Crippen LogP contribution in [0.2, 0.25) is 0 Å². The topological polar surface area (TPSA) is 108 Å². The number of ether oxygens (including phenoxy) is 4. The van der Waals surface area contributed by atoms with Gasteiger partial charge in [0, 0.05) is 29.5 Å². The van der Waals surface area contributed by atoms with Crippen molar-refractivity contribution in [1.29, 1.82) is 0 Å². The van der Waals surface area contributed by atoms with E-state index >= 15 is 0 Å². The van der Waals surface area contributed by atoms with Crippen LogP contribution in [-0.4, -0.2) is 77.9 Å². The number of benzene rings is 2. The number of imide groups is 1. The Bertz CT molecular complexity index is 1480. The molecule has 1 aliphatic heterocycles. The lowest BCUT2D eigenvalue weighted by molar-refractivity contribution is -0.134. The first kappa shape index (κ1) is 28.9. The van der Waals surface area contributed by atoms with Crippen LogP contribution in [0.5, 0.6) is 11.5 Å². The van der Waals surface area contributed by atoms with Gasteiger partial charge in [0.1, 0.15) is 23.6 Å². The predicted octanol–water partition coefficient (Wildman–Crippen LogP) is 5.45. The molecular formula is C32H35N3O7. The van der Waals surface area contributed by atoms with E-state index in [9.17, 15) is 14.4 Å². The highest BCUT2D eigenvalue weighted by atomic mass is 16.6. The van der Waals surface area contributed by atoms with Gasteiger partial charge < -0.3 is 18.9 Å². The summed E-state index contributed by atoms with van der Waals surface area (Å²) in [5, 5.41) is 0.757. The smallest absolute Gasteiger partial charge is 0.416 e. The van der Waals surface area contributed by atoms with E-state index in [2.05, 4.69) is 6.58 Å². The highest BCUT2D eigenvalue weighted by Gasteiger charge is 2.51. The fourth-order valence-corrected chi connectivity index (χ4v) is 5.36. The number of pyridine rings is 1. The third-order valence-corrected chi connectivity index (χ3v) is 7.53. The molecule has 10 heteroatoms. The number of rotatable bonds is 9. The average Bonchev–Trinajstić information content (AvgIpc) is 3.65. The molecule has 1 saturated heterocycles. The molecule has 2 fully saturated rings. The normalized spacial score (nSPS) is 21.0. The molecule has 0 spiro atoms. The highest BCUT2D eigenvalue weighted by molar-refractivity contribution is 5.97. The van der Waals surface area contributed by atoms with E-state index in [4.69, 9.17) is 23.9 Å². The second kappa shape index (κ2) is 12.5. The summed E-state index contributed by atoms with van der Waals surface area (Å²) in [4.78, 5) is 47.1. The van der Waals surface area contributed by atoms with E-state index in [0.29, 0.717) is 29.1 Å². The largest absolute Gasteiger partial charge is 0.497 e. The number of methoxy groups -OCH3 is 1. The number of aromatic nitrogens is 1. The quantitative estimate of drug-likeness (QED) is 0.311. The second-order valence-corrected chi connectivity index (χ2v) is 10.2. The number of nitrogens with zero attached hydrogens (tertiary/aromatic N) is 3. The fraction of sp³-hybridized carbons (Fsp3) is 0.375. The van der Waals surface area contributed by atoms with Crippen LogP contribution in [0, 0.1) is 5.92 Å². The summed E-state index contributed by atoms with van der Waals surface area (Å²) in [7, 11) is 1.59. The van der Waals surface area contributed by atoms with Crippen molar-refractivity contribution in [3.63, 3.8) is 0 Å². The van der Waals surface area contributed by atoms with Gasteiger partial charge in [-0.05, 0) is 38.3 Å². The monoisotopic (exact) mass is 573 g/mol. The van der Waals surface area contributed by atoms with E-state index in [0.717, 1.165) is 15.8 Å². The molecule has 0 radical (unpaired) electrons. The molecule has 5 rings (SSSR count). The van der Waals surface area contributed by atoms with Gasteiger partial charge in [-0.2, -0.15) is 0 Å². The van der Waals surface area contributed by atoms with E-state index in [1.54, 1.807) is 27.0 Å². The average molecular weight is 574 g/mol. The molecule has 1 aromatic heterocycles. The molecule has 0 N–H and O–H groups in total. The third kappa shape index (κ3) is 5.88. The molecule has 2 aliphatic rings.